The summed E-state index contributed by atoms with van der Waals surface area (Å²) in [6.45, 7) is 0.979. The van der Waals surface area contributed by atoms with Crippen molar-refractivity contribution in [2.45, 2.75) is 6.10 Å². The summed E-state index contributed by atoms with van der Waals surface area (Å²) in [5.41, 5.74) is -0.820. The van der Waals surface area contributed by atoms with Gasteiger partial charge >= 0.3 is 5.43 Å². The number of carbonyl (C=O) groups excluding carboxylic acids is 1. The van der Waals surface area contributed by atoms with E-state index < -0.39 is 5.43 Å². The number of hydrogen-bond acceptors (Lipinski definition) is 4. The molecular formula is C5H7ClO4. The maximum atomic E-state index is 10.1. The average molecular weight is 167 g/mol. The van der Waals surface area contributed by atoms with Crippen LogP contribution < -0.4 is 0 Å². The van der Waals surface area contributed by atoms with Crippen molar-refractivity contribution in [1.29, 1.82) is 0 Å². The molecule has 5 heteroatoms. The van der Waals surface area contributed by atoms with E-state index in [2.05, 4.69) is 4.74 Å². The van der Waals surface area contributed by atoms with Crippen LogP contribution in [0.5, 0.6) is 0 Å². The lowest BCUT2D eigenvalue weighted by Gasteiger charge is -2.20. The standard InChI is InChI=1S/C5H7ClO4/c6-5(7)10-4-1-8-3-9-2-4/h4H,1-3H2. The predicted octanol–water partition coefficient (Wildman–Crippen LogP) is 0.735. The molecule has 10 heavy (non-hydrogen) atoms. The van der Waals surface area contributed by atoms with E-state index >= 15 is 0 Å². The van der Waals surface area contributed by atoms with Gasteiger partial charge in [-0.15, -0.1) is 0 Å². The van der Waals surface area contributed by atoms with Gasteiger partial charge in [-0.1, -0.05) is 0 Å². The molecule has 0 N–H and O–H groups in total. The van der Waals surface area contributed by atoms with Crippen molar-refractivity contribution in [3.05, 3.63) is 0 Å². The van der Waals surface area contributed by atoms with Crippen molar-refractivity contribution in [3.8, 4) is 0 Å². The first kappa shape index (κ1) is 7.78. The van der Waals surface area contributed by atoms with Crippen molar-refractivity contribution >= 4 is 17.0 Å². The molecule has 0 aliphatic carbocycles. The molecule has 0 aromatic carbocycles. The molecule has 58 valence electrons. The van der Waals surface area contributed by atoms with E-state index in [-0.39, 0.29) is 12.9 Å². The summed E-state index contributed by atoms with van der Waals surface area (Å²) in [4.78, 5) is 10.1. The Morgan fingerprint density at radius 2 is 2.10 bits per heavy atom. The van der Waals surface area contributed by atoms with E-state index in [1.807, 2.05) is 0 Å². The molecule has 0 aromatic rings. The van der Waals surface area contributed by atoms with Crippen LogP contribution in [0.3, 0.4) is 0 Å². The third-order valence-corrected chi connectivity index (χ3v) is 1.12. The van der Waals surface area contributed by atoms with Crippen LogP contribution >= 0.6 is 11.6 Å². The zero-order chi connectivity index (χ0) is 7.40. The third-order valence-electron chi connectivity index (χ3n) is 1.03. The van der Waals surface area contributed by atoms with Crippen molar-refractivity contribution in [2.75, 3.05) is 20.0 Å². The lowest BCUT2D eigenvalue weighted by atomic mass is 10.4. The molecule has 1 aliphatic heterocycles. The third kappa shape index (κ3) is 2.51. The first-order chi connectivity index (χ1) is 4.79. The first-order valence-corrected chi connectivity index (χ1v) is 3.18. The van der Waals surface area contributed by atoms with Crippen molar-refractivity contribution in [2.24, 2.45) is 0 Å². The Balaban J connectivity index is 2.19. The van der Waals surface area contributed by atoms with Crippen LogP contribution in [-0.2, 0) is 14.2 Å². The summed E-state index contributed by atoms with van der Waals surface area (Å²) in [6, 6.07) is 0. The normalized spacial score (nSPS) is 20.5. The molecule has 0 aromatic heterocycles. The SMILES string of the molecule is O=C(Cl)OC1COCOC1. The predicted molar refractivity (Wildman–Crippen MR) is 32.9 cm³/mol. The highest BCUT2D eigenvalue weighted by Gasteiger charge is 2.17. The molecule has 0 bridgehead atoms. The van der Waals surface area contributed by atoms with Gasteiger partial charge in [-0.2, -0.15) is 0 Å². The number of rotatable bonds is 1. The monoisotopic (exact) mass is 166 g/mol. The van der Waals surface area contributed by atoms with Gasteiger partial charge in [0.1, 0.15) is 12.9 Å². The highest BCUT2D eigenvalue weighted by atomic mass is 35.5. The van der Waals surface area contributed by atoms with Crippen LogP contribution in [0.2, 0.25) is 0 Å². The fraction of sp³-hybridized carbons (Fsp3) is 0.800. The maximum absolute atomic E-state index is 10.1. The molecule has 0 unspecified atom stereocenters. The first-order valence-electron chi connectivity index (χ1n) is 2.80. The zero-order valence-electron chi connectivity index (χ0n) is 5.21. The van der Waals surface area contributed by atoms with Gasteiger partial charge in [0.15, 0.2) is 0 Å². The summed E-state index contributed by atoms with van der Waals surface area (Å²) < 4.78 is 14.2. The Bertz CT molecular complexity index is 121. The number of carbonyl (C=O) groups is 1. The largest absolute Gasteiger partial charge is 0.445 e. The van der Waals surface area contributed by atoms with Gasteiger partial charge in [0.05, 0.1) is 13.2 Å². The summed E-state index contributed by atoms with van der Waals surface area (Å²) in [5.74, 6) is 0. The molecule has 1 rings (SSSR count). The molecular weight excluding hydrogens is 160 g/mol. The fourth-order valence-corrected chi connectivity index (χ4v) is 0.791. The van der Waals surface area contributed by atoms with Gasteiger partial charge in [0.25, 0.3) is 0 Å². The van der Waals surface area contributed by atoms with E-state index in [1.165, 1.54) is 0 Å². The molecule has 4 nitrogen and oxygen atoms in total. The van der Waals surface area contributed by atoms with Crippen LogP contribution in [0.15, 0.2) is 0 Å². The minimum Gasteiger partial charge on any atom is -0.445 e. The highest BCUT2D eigenvalue weighted by molar-refractivity contribution is 6.61. The Morgan fingerprint density at radius 1 is 1.50 bits per heavy atom. The molecule has 0 spiro atoms. The number of hydrogen-bond donors (Lipinski definition) is 0. The van der Waals surface area contributed by atoms with E-state index in [0.717, 1.165) is 0 Å². The van der Waals surface area contributed by atoms with Gasteiger partial charge in [-0.3, -0.25) is 0 Å². The Hall–Kier alpha value is -0.320. The molecule has 1 heterocycles. The lowest BCUT2D eigenvalue weighted by Crippen LogP contribution is -2.32. The second-order valence-electron chi connectivity index (χ2n) is 1.84. The van der Waals surface area contributed by atoms with Crippen LogP contribution in [0.1, 0.15) is 0 Å². The summed E-state index contributed by atoms with van der Waals surface area (Å²) >= 11 is 4.94. The number of halogens is 1. The van der Waals surface area contributed by atoms with Gasteiger partial charge in [0.2, 0.25) is 0 Å². The summed E-state index contributed by atoms with van der Waals surface area (Å²) in [5, 5.41) is 0. The zero-order valence-corrected chi connectivity index (χ0v) is 5.97. The fourth-order valence-electron chi connectivity index (χ4n) is 0.665. The summed E-state index contributed by atoms with van der Waals surface area (Å²) in [7, 11) is 0. The molecule has 1 aliphatic rings. The lowest BCUT2D eigenvalue weighted by molar-refractivity contribution is -0.149. The molecule has 0 radical (unpaired) electrons. The molecule has 0 amide bonds. The van der Waals surface area contributed by atoms with Crippen molar-refractivity contribution < 1.29 is 19.0 Å². The molecule has 1 saturated heterocycles. The Labute approximate surface area is 63.0 Å². The van der Waals surface area contributed by atoms with E-state index in [1.54, 1.807) is 0 Å². The topological polar surface area (TPSA) is 44.8 Å². The van der Waals surface area contributed by atoms with Gasteiger partial charge in [-0.25, -0.2) is 4.79 Å². The van der Waals surface area contributed by atoms with E-state index in [0.29, 0.717) is 13.2 Å². The molecule has 0 atom stereocenters. The highest BCUT2D eigenvalue weighted by Crippen LogP contribution is 2.03. The quantitative estimate of drug-likeness (QED) is 0.539. The minimum atomic E-state index is -0.820. The molecule has 0 saturated carbocycles. The van der Waals surface area contributed by atoms with E-state index in [4.69, 9.17) is 21.1 Å². The van der Waals surface area contributed by atoms with Crippen molar-refractivity contribution in [1.82, 2.24) is 0 Å². The van der Waals surface area contributed by atoms with Crippen molar-refractivity contribution in [3.63, 3.8) is 0 Å². The second kappa shape index (κ2) is 3.75. The number of ether oxygens (including phenoxy) is 3. The Morgan fingerprint density at radius 3 is 2.60 bits per heavy atom. The van der Waals surface area contributed by atoms with Gasteiger partial charge in [-0.05, 0) is 0 Å². The van der Waals surface area contributed by atoms with Gasteiger partial charge in [0, 0.05) is 11.6 Å². The second-order valence-corrected chi connectivity index (χ2v) is 2.15. The Kier molecular flexibility index (Phi) is 2.92. The van der Waals surface area contributed by atoms with E-state index in [9.17, 15) is 4.79 Å². The maximum Gasteiger partial charge on any atom is 0.404 e. The van der Waals surface area contributed by atoms with Gasteiger partial charge < -0.3 is 14.2 Å². The van der Waals surface area contributed by atoms with Crippen LogP contribution in [-0.4, -0.2) is 31.5 Å². The summed E-state index contributed by atoms with van der Waals surface area (Å²) in [6.07, 6.45) is -0.348. The molecule has 1 fully saturated rings. The average Bonchev–Trinajstić information content (AvgIpc) is 1.88. The van der Waals surface area contributed by atoms with Crippen LogP contribution in [0.4, 0.5) is 4.79 Å². The van der Waals surface area contributed by atoms with Crippen LogP contribution in [0.25, 0.3) is 0 Å². The van der Waals surface area contributed by atoms with Crippen LogP contribution in [0, 0.1) is 0 Å². The smallest absolute Gasteiger partial charge is 0.404 e. The minimum absolute atomic E-state index is 0.260.